The van der Waals surface area contributed by atoms with Crippen molar-refractivity contribution in [2.24, 2.45) is 0 Å². The summed E-state index contributed by atoms with van der Waals surface area (Å²) < 4.78 is 1.70. The highest BCUT2D eigenvalue weighted by molar-refractivity contribution is 9.11. The van der Waals surface area contributed by atoms with Gasteiger partial charge in [-0.3, -0.25) is 4.79 Å². The number of carbonyl (C=O) groups is 1. The molecule has 2 rings (SSSR count). The lowest BCUT2D eigenvalue weighted by molar-refractivity contribution is 0.0953. The fourth-order valence-corrected chi connectivity index (χ4v) is 3.27. The molecule has 1 unspecified atom stereocenters. The SMILES string of the molecule is O=C(NCC(Cl)c1ccccc1)c1cc(Br)cc(Br)c1. The van der Waals surface area contributed by atoms with Crippen LogP contribution in [0.2, 0.25) is 0 Å². The van der Waals surface area contributed by atoms with Crippen molar-refractivity contribution in [3.63, 3.8) is 0 Å². The average Bonchev–Trinajstić information content (AvgIpc) is 2.44. The van der Waals surface area contributed by atoms with Crippen LogP contribution in [0, 0.1) is 0 Å². The van der Waals surface area contributed by atoms with Gasteiger partial charge in [0.05, 0.1) is 5.38 Å². The monoisotopic (exact) mass is 415 g/mol. The van der Waals surface area contributed by atoms with Gasteiger partial charge in [-0.05, 0) is 23.8 Å². The molecule has 0 saturated carbocycles. The van der Waals surface area contributed by atoms with Gasteiger partial charge >= 0.3 is 0 Å². The fraction of sp³-hybridized carbons (Fsp3) is 0.133. The third-order valence-corrected chi connectivity index (χ3v) is 4.05. The maximum Gasteiger partial charge on any atom is 0.251 e. The van der Waals surface area contributed by atoms with E-state index in [-0.39, 0.29) is 11.3 Å². The van der Waals surface area contributed by atoms with Crippen molar-refractivity contribution in [3.05, 3.63) is 68.6 Å². The maximum atomic E-state index is 12.1. The predicted molar refractivity (Wildman–Crippen MR) is 89.2 cm³/mol. The summed E-state index contributed by atoms with van der Waals surface area (Å²) in [5.74, 6) is -0.145. The first-order valence-electron chi connectivity index (χ1n) is 5.99. The van der Waals surface area contributed by atoms with Crippen LogP contribution < -0.4 is 5.32 Å². The van der Waals surface area contributed by atoms with Gasteiger partial charge in [-0.1, -0.05) is 62.2 Å². The standard InChI is InChI=1S/C15H12Br2ClNO/c16-12-6-11(7-13(17)8-12)15(20)19-9-14(18)10-4-2-1-3-5-10/h1-8,14H,9H2,(H,19,20). The smallest absolute Gasteiger partial charge is 0.251 e. The summed E-state index contributed by atoms with van der Waals surface area (Å²) in [4.78, 5) is 12.1. The largest absolute Gasteiger partial charge is 0.350 e. The van der Waals surface area contributed by atoms with Gasteiger partial charge in [0.1, 0.15) is 0 Å². The van der Waals surface area contributed by atoms with Crippen molar-refractivity contribution < 1.29 is 4.79 Å². The average molecular weight is 418 g/mol. The van der Waals surface area contributed by atoms with Gasteiger partial charge in [-0.15, -0.1) is 11.6 Å². The summed E-state index contributed by atoms with van der Waals surface area (Å²) in [6.07, 6.45) is 0. The molecular weight excluding hydrogens is 405 g/mol. The normalized spacial score (nSPS) is 11.9. The molecular formula is C15H12Br2ClNO. The number of amides is 1. The van der Waals surface area contributed by atoms with E-state index in [2.05, 4.69) is 37.2 Å². The van der Waals surface area contributed by atoms with Crippen LogP contribution >= 0.6 is 43.5 Å². The van der Waals surface area contributed by atoms with Crippen LogP contribution in [0.25, 0.3) is 0 Å². The van der Waals surface area contributed by atoms with E-state index >= 15 is 0 Å². The molecule has 5 heteroatoms. The molecule has 0 spiro atoms. The molecule has 1 amide bonds. The second kappa shape index (κ2) is 7.25. The molecule has 0 aliphatic carbocycles. The van der Waals surface area contributed by atoms with Crippen LogP contribution in [0.1, 0.15) is 21.3 Å². The molecule has 1 atom stereocenters. The third-order valence-electron chi connectivity index (χ3n) is 2.73. The number of halogens is 3. The molecule has 0 radical (unpaired) electrons. The summed E-state index contributed by atoms with van der Waals surface area (Å²) in [5, 5.41) is 2.60. The number of carbonyl (C=O) groups excluding carboxylic acids is 1. The Hall–Kier alpha value is -0.840. The van der Waals surface area contributed by atoms with Gasteiger partial charge in [0, 0.05) is 21.1 Å². The Morgan fingerprint density at radius 3 is 2.30 bits per heavy atom. The van der Waals surface area contributed by atoms with Crippen molar-refractivity contribution in [1.82, 2.24) is 5.32 Å². The number of hydrogen-bond acceptors (Lipinski definition) is 1. The van der Waals surface area contributed by atoms with Crippen LogP contribution in [-0.2, 0) is 0 Å². The summed E-state index contributed by atoms with van der Waals surface area (Å²) >= 11 is 13.0. The molecule has 0 bridgehead atoms. The van der Waals surface area contributed by atoms with E-state index in [1.165, 1.54) is 0 Å². The number of alkyl halides is 1. The molecule has 0 aliphatic rings. The highest BCUT2D eigenvalue weighted by atomic mass is 79.9. The second-order valence-electron chi connectivity index (χ2n) is 4.25. The Balaban J connectivity index is 1.98. The van der Waals surface area contributed by atoms with E-state index < -0.39 is 0 Å². The van der Waals surface area contributed by atoms with Crippen LogP contribution in [-0.4, -0.2) is 12.5 Å². The molecule has 2 nitrogen and oxygen atoms in total. The van der Waals surface area contributed by atoms with E-state index in [0.29, 0.717) is 12.1 Å². The minimum Gasteiger partial charge on any atom is -0.350 e. The Morgan fingerprint density at radius 1 is 1.10 bits per heavy atom. The van der Waals surface area contributed by atoms with Crippen molar-refractivity contribution >= 4 is 49.4 Å². The zero-order chi connectivity index (χ0) is 14.5. The minimum absolute atomic E-state index is 0.145. The van der Waals surface area contributed by atoms with E-state index in [0.717, 1.165) is 14.5 Å². The van der Waals surface area contributed by atoms with Crippen molar-refractivity contribution in [3.8, 4) is 0 Å². The lowest BCUT2D eigenvalue weighted by Crippen LogP contribution is -2.26. The zero-order valence-corrected chi connectivity index (χ0v) is 14.4. The number of nitrogens with one attached hydrogen (secondary N) is 1. The van der Waals surface area contributed by atoms with E-state index in [9.17, 15) is 4.79 Å². The molecule has 2 aromatic rings. The van der Waals surface area contributed by atoms with Gasteiger partial charge in [-0.25, -0.2) is 0 Å². The molecule has 2 aromatic carbocycles. The molecule has 0 aromatic heterocycles. The van der Waals surface area contributed by atoms with Gasteiger partial charge in [0.15, 0.2) is 0 Å². The molecule has 0 aliphatic heterocycles. The Labute approximate surface area is 139 Å². The highest BCUT2D eigenvalue weighted by Crippen LogP contribution is 2.21. The number of hydrogen-bond donors (Lipinski definition) is 1. The molecule has 20 heavy (non-hydrogen) atoms. The fourth-order valence-electron chi connectivity index (χ4n) is 1.75. The highest BCUT2D eigenvalue weighted by Gasteiger charge is 2.11. The first-order valence-corrected chi connectivity index (χ1v) is 8.02. The van der Waals surface area contributed by atoms with Crippen LogP contribution in [0.15, 0.2) is 57.5 Å². The summed E-state index contributed by atoms with van der Waals surface area (Å²) in [7, 11) is 0. The third kappa shape index (κ3) is 4.33. The van der Waals surface area contributed by atoms with Gasteiger partial charge < -0.3 is 5.32 Å². The van der Waals surface area contributed by atoms with Crippen LogP contribution in [0.4, 0.5) is 0 Å². The summed E-state index contributed by atoms with van der Waals surface area (Å²) in [6.45, 7) is 0.383. The molecule has 0 fully saturated rings. The molecule has 0 heterocycles. The topological polar surface area (TPSA) is 29.1 Å². The van der Waals surface area contributed by atoms with Crippen LogP contribution in [0.3, 0.4) is 0 Å². The quantitative estimate of drug-likeness (QED) is 0.703. The zero-order valence-electron chi connectivity index (χ0n) is 10.4. The van der Waals surface area contributed by atoms with Crippen molar-refractivity contribution in [2.45, 2.75) is 5.38 Å². The number of rotatable bonds is 4. The second-order valence-corrected chi connectivity index (χ2v) is 6.60. The van der Waals surface area contributed by atoms with Gasteiger partial charge in [0.2, 0.25) is 0 Å². The molecule has 104 valence electrons. The Kier molecular flexibility index (Phi) is 5.64. The summed E-state index contributed by atoms with van der Waals surface area (Å²) in [6, 6.07) is 15.1. The summed E-state index contributed by atoms with van der Waals surface area (Å²) in [5.41, 5.74) is 1.58. The number of benzene rings is 2. The molecule has 1 N–H and O–H groups in total. The van der Waals surface area contributed by atoms with Crippen molar-refractivity contribution in [2.75, 3.05) is 6.54 Å². The first-order chi connectivity index (χ1) is 9.56. The van der Waals surface area contributed by atoms with E-state index in [1.54, 1.807) is 12.1 Å². The first kappa shape index (κ1) is 15.5. The lowest BCUT2D eigenvalue weighted by Gasteiger charge is -2.11. The molecule has 0 saturated heterocycles. The van der Waals surface area contributed by atoms with Crippen molar-refractivity contribution in [1.29, 1.82) is 0 Å². The van der Waals surface area contributed by atoms with Gasteiger partial charge in [0.25, 0.3) is 5.91 Å². The minimum atomic E-state index is -0.240. The Bertz CT molecular complexity index is 584. The maximum absolute atomic E-state index is 12.1. The predicted octanol–water partition coefficient (Wildman–Crippen LogP) is 4.92. The lowest BCUT2D eigenvalue weighted by atomic mass is 10.1. The van der Waals surface area contributed by atoms with E-state index in [1.807, 2.05) is 36.4 Å². The van der Waals surface area contributed by atoms with Gasteiger partial charge in [-0.2, -0.15) is 0 Å². The van der Waals surface area contributed by atoms with E-state index in [4.69, 9.17) is 11.6 Å². The Morgan fingerprint density at radius 2 is 1.70 bits per heavy atom. The van der Waals surface area contributed by atoms with Crippen LogP contribution in [0.5, 0.6) is 0 Å².